The summed E-state index contributed by atoms with van der Waals surface area (Å²) < 4.78 is 58.0. The maximum absolute atomic E-state index is 14.0. The summed E-state index contributed by atoms with van der Waals surface area (Å²) in [7, 11) is -4.66. The van der Waals surface area contributed by atoms with Crippen LogP contribution >= 0.6 is 7.82 Å². The largest absolute Gasteiger partial charge is 0.590 e. The SMILES string of the molecule is CC(=O)OC[C@H]1O[C@H](OP(=O)(Oc2ccccc2)Oc2ccccc2)[C@H](OC(C)=O)[C@@H](OC(C)=O)[C@@H]1OC(C)=O. The third-order valence-electron chi connectivity index (χ3n) is 5.10. The molecule has 1 aliphatic heterocycles. The summed E-state index contributed by atoms with van der Waals surface area (Å²) in [5.74, 6) is -2.98. The Bertz CT molecular complexity index is 1170. The molecule has 0 N–H and O–H groups in total. The van der Waals surface area contributed by atoms with Gasteiger partial charge in [0.25, 0.3) is 0 Å². The van der Waals surface area contributed by atoms with Crippen LogP contribution in [0.4, 0.5) is 0 Å². The Hall–Kier alpha value is -3.93. The Kier molecular flexibility index (Phi) is 10.7. The van der Waals surface area contributed by atoms with E-state index >= 15 is 0 Å². The average Bonchev–Trinajstić information content (AvgIpc) is 2.86. The first-order valence-corrected chi connectivity index (χ1v) is 13.5. The van der Waals surface area contributed by atoms with Gasteiger partial charge in [-0.25, -0.2) is 9.09 Å². The van der Waals surface area contributed by atoms with Crippen LogP contribution in [0.5, 0.6) is 11.5 Å². The summed E-state index contributed by atoms with van der Waals surface area (Å²) in [5, 5.41) is 0. The van der Waals surface area contributed by atoms with Crippen LogP contribution in [0.25, 0.3) is 0 Å². The first-order valence-electron chi connectivity index (χ1n) is 12.0. The van der Waals surface area contributed by atoms with Gasteiger partial charge in [-0.2, -0.15) is 0 Å². The lowest BCUT2D eigenvalue weighted by atomic mass is 9.98. The molecule has 0 amide bonds. The predicted molar refractivity (Wildman–Crippen MR) is 135 cm³/mol. The summed E-state index contributed by atoms with van der Waals surface area (Å²) in [4.78, 5) is 47.6. The molecule has 13 nitrogen and oxygen atoms in total. The molecular weight excluding hydrogens is 551 g/mol. The van der Waals surface area contributed by atoms with E-state index in [-0.39, 0.29) is 11.5 Å². The molecule has 0 spiro atoms. The lowest BCUT2D eigenvalue weighted by molar-refractivity contribution is -0.290. The van der Waals surface area contributed by atoms with E-state index in [0.29, 0.717) is 0 Å². The number of phosphoric acid groups is 1. The van der Waals surface area contributed by atoms with Crippen LogP contribution in [0, 0.1) is 0 Å². The molecular formula is C26H29O13P. The Morgan fingerprint density at radius 3 is 1.57 bits per heavy atom. The van der Waals surface area contributed by atoms with Crippen molar-refractivity contribution in [1.82, 2.24) is 0 Å². The third kappa shape index (κ3) is 9.08. The van der Waals surface area contributed by atoms with Crippen molar-refractivity contribution in [2.24, 2.45) is 0 Å². The molecule has 0 radical (unpaired) electrons. The smallest absolute Gasteiger partial charge is 0.463 e. The fourth-order valence-corrected chi connectivity index (χ4v) is 4.99. The zero-order valence-electron chi connectivity index (χ0n) is 22.1. The van der Waals surface area contributed by atoms with Gasteiger partial charge in [0.1, 0.15) is 24.2 Å². The number of esters is 4. The van der Waals surface area contributed by atoms with E-state index in [1.165, 1.54) is 24.3 Å². The minimum absolute atomic E-state index is 0.104. The molecule has 5 atom stereocenters. The van der Waals surface area contributed by atoms with Crippen LogP contribution in [-0.2, 0) is 52.0 Å². The van der Waals surface area contributed by atoms with E-state index in [9.17, 15) is 23.7 Å². The molecule has 1 saturated heterocycles. The van der Waals surface area contributed by atoms with Crippen molar-refractivity contribution < 1.29 is 61.0 Å². The van der Waals surface area contributed by atoms with Gasteiger partial charge in [0.2, 0.25) is 6.29 Å². The van der Waals surface area contributed by atoms with Crippen molar-refractivity contribution >= 4 is 31.7 Å². The van der Waals surface area contributed by atoms with E-state index in [1.54, 1.807) is 36.4 Å². The number of hydrogen-bond acceptors (Lipinski definition) is 13. The van der Waals surface area contributed by atoms with Crippen molar-refractivity contribution in [3.63, 3.8) is 0 Å². The molecule has 1 heterocycles. The maximum atomic E-state index is 14.0. The second kappa shape index (κ2) is 13.9. The lowest BCUT2D eigenvalue weighted by Crippen LogP contribution is -2.62. The molecule has 0 aromatic heterocycles. The van der Waals surface area contributed by atoms with Gasteiger partial charge in [0.05, 0.1) is 0 Å². The minimum atomic E-state index is -4.66. The van der Waals surface area contributed by atoms with E-state index < -0.39 is 69.0 Å². The molecule has 1 aliphatic rings. The van der Waals surface area contributed by atoms with Gasteiger partial charge >= 0.3 is 31.7 Å². The van der Waals surface area contributed by atoms with E-state index in [2.05, 4.69) is 0 Å². The number of ether oxygens (including phenoxy) is 5. The average molecular weight is 580 g/mol. The van der Waals surface area contributed by atoms with Gasteiger partial charge in [-0.1, -0.05) is 36.4 Å². The minimum Gasteiger partial charge on any atom is -0.463 e. The third-order valence-corrected chi connectivity index (χ3v) is 6.44. The number of hydrogen-bond donors (Lipinski definition) is 0. The van der Waals surface area contributed by atoms with Crippen LogP contribution in [-0.4, -0.2) is 61.2 Å². The molecule has 1 fully saturated rings. The van der Waals surface area contributed by atoms with Crippen LogP contribution in [0.3, 0.4) is 0 Å². The summed E-state index contributed by atoms with van der Waals surface area (Å²) >= 11 is 0. The van der Waals surface area contributed by atoms with Crippen LogP contribution in [0.2, 0.25) is 0 Å². The topological polar surface area (TPSA) is 159 Å². The molecule has 3 rings (SSSR count). The van der Waals surface area contributed by atoms with Gasteiger partial charge in [-0.15, -0.1) is 0 Å². The highest BCUT2D eigenvalue weighted by molar-refractivity contribution is 7.49. The molecule has 0 aliphatic carbocycles. The van der Waals surface area contributed by atoms with Crippen LogP contribution in [0.1, 0.15) is 27.7 Å². The highest BCUT2D eigenvalue weighted by Crippen LogP contribution is 2.52. The highest BCUT2D eigenvalue weighted by atomic mass is 31.2. The first kappa shape index (κ1) is 30.6. The molecule has 2 aromatic carbocycles. The predicted octanol–water partition coefficient (Wildman–Crippen LogP) is 3.35. The van der Waals surface area contributed by atoms with Crippen molar-refractivity contribution in [3.8, 4) is 11.5 Å². The fourth-order valence-electron chi connectivity index (χ4n) is 3.68. The Labute approximate surface area is 230 Å². The second-order valence-corrected chi connectivity index (χ2v) is 9.90. The normalized spacial score (nSPS) is 22.4. The van der Waals surface area contributed by atoms with E-state index in [4.69, 9.17) is 37.3 Å². The molecule has 14 heteroatoms. The Balaban J connectivity index is 2.05. The summed E-state index contributed by atoms with van der Waals surface area (Å²) in [6.07, 6.45) is -7.71. The zero-order valence-corrected chi connectivity index (χ0v) is 23.0. The number of para-hydroxylation sites is 2. The van der Waals surface area contributed by atoms with Crippen molar-refractivity contribution in [2.75, 3.05) is 6.61 Å². The van der Waals surface area contributed by atoms with E-state index in [1.807, 2.05) is 0 Å². The highest BCUT2D eigenvalue weighted by Gasteiger charge is 2.55. The quantitative estimate of drug-likeness (QED) is 0.217. The number of benzene rings is 2. The molecule has 2 aromatic rings. The number of rotatable bonds is 11. The standard InChI is InChI=1S/C26H29O13P/c1-16(27)32-15-22-23(33-17(2)28)24(34-18(3)29)25(35-19(4)30)26(36-22)39-40(31,37-20-11-7-5-8-12-20)38-21-13-9-6-10-14-21/h5-14,22-26H,15H2,1-4H3/t22-,23-,24+,25-,26-/m1/s1. The van der Waals surface area contributed by atoms with Crippen molar-refractivity contribution in [3.05, 3.63) is 60.7 Å². The van der Waals surface area contributed by atoms with Gasteiger partial charge < -0.3 is 32.7 Å². The van der Waals surface area contributed by atoms with Gasteiger partial charge in [0.15, 0.2) is 18.3 Å². The molecule has 0 bridgehead atoms. The van der Waals surface area contributed by atoms with Crippen molar-refractivity contribution in [1.29, 1.82) is 0 Å². The fraction of sp³-hybridized carbons (Fsp3) is 0.385. The van der Waals surface area contributed by atoms with Crippen LogP contribution in [0.15, 0.2) is 60.7 Å². The summed E-state index contributed by atoms with van der Waals surface area (Å²) in [6, 6.07) is 15.9. The van der Waals surface area contributed by atoms with E-state index in [0.717, 1.165) is 27.7 Å². The molecule has 216 valence electrons. The summed E-state index contributed by atoms with van der Waals surface area (Å²) in [5.41, 5.74) is 0. The van der Waals surface area contributed by atoms with Crippen LogP contribution < -0.4 is 9.05 Å². The monoisotopic (exact) mass is 580 g/mol. The number of carbonyl (C=O) groups excluding carboxylic acids is 4. The maximum Gasteiger partial charge on any atom is 0.590 e. The Morgan fingerprint density at radius 1 is 0.675 bits per heavy atom. The van der Waals surface area contributed by atoms with Gasteiger partial charge in [-0.05, 0) is 24.3 Å². The Morgan fingerprint density at radius 2 is 1.12 bits per heavy atom. The lowest BCUT2D eigenvalue weighted by Gasteiger charge is -2.44. The first-order chi connectivity index (χ1) is 19.0. The summed E-state index contributed by atoms with van der Waals surface area (Å²) in [6.45, 7) is 3.87. The number of phosphoric ester groups is 1. The molecule has 0 saturated carbocycles. The number of carbonyl (C=O) groups is 4. The van der Waals surface area contributed by atoms with Gasteiger partial charge in [-0.3, -0.25) is 19.2 Å². The van der Waals surface area contributed by atoms with Gasteiger partial charge in [0, 0.05) is 27.7 Å². The molecule has 40 heavy (non-hydrogen) atoms. The zero-order chi connectivity index (χ0) is 29.3. The second-order valence-electron chi connectivity index (χ2n) is 8.43. The van der Waals surface area contributed by atoms with Crippen molar-refractivity contribution in [2.45, 2.75) is 58.4 Å². The molecule has 0 unspecified atom stereocenters.